The van der Waals surface area contributed by atoms with Crippen molar-refractivity contribution >= 4 is 39.2 Å². The highest BCUT2D eigenvalue weighted by atomic mass is 79.9. The van der Waals surface area contributed by atoms with Crippen LogP contribution in [0.15, 0.2) is 53.4 Å². The highest BCUT2D eigenvalue weighted by Crippen LogP contribution is 2.27. The summed E-state index contributed by atoms with van der Waals surface area (Å²) >= 11 is 3.25. The van der Waals surface area contributed by atoms with Crippen molar-refractivity contribution < 1.29 is 13.9 Å². The largest absolute Gasteiger partial charge is 0.453 e. The number of nitrogens with zero attached hydrogens (tertiary/aromatic N) is 2. The molecular weight excluding hydrogens is 427 g/mol. The number of nitrogens with one attached hydrogen (secondary N) is 2. The minimum atomic E-state index is -0.579. The van der Waals surface area contributed by atoms with Gasteiger partial charge in [-0.25, -0.2) is 14.2 Å². The molecular formula is C20H18BrFN4O2. The predicted molar refractivity (Wildman–Crippen MR) is 109 cm³/mol. The van der Waals surface area contributed by atoms with Crippen LogP contribution in [0.3, 0.4) is 0 Å². The quantitative estimate of drug-likeness (QED) is 0.565. The number of hydrogen-bond donors (Lipinski definition) is 2. The molecule has 0 fully saturated rings. The smallest absolute Gasteiger partial charge is 0.412 e. The maximum atomic E-state index is 14.1. The first-order valence-electron chi connectivity index (χ1n) is 8.41. The van der Waals surface area contributed by atoms with Crippen LogP contribution >= 0.6 is 15.9 Å². The predicted octanol–water partition coefficient (Wildman–Crippen LogP) is 5.20. The van der Waals surface area contributed by atoms with Crippen LogP contribution in [0.25, 0.3) is 0 Å². The zero-order valence-corrected chi connectivity index (χ0v) is 16.9. The average molecular weight is 445 g/mol. The fourth-order valence-corrected chi connectivity index (χ4v) is 2.97. The lowest BCUT2D eigenvalue weighted by molar-refractivity contribution is 0.187. The average Bonchev–Trinajstić information content (AvgIpc) is 2.67. The summed E-state index contributed by atoms with van der Waals surface area (Å²) in [4.78, 5) is 19.7. The SMILES string of the molecule is COC(=O)Nc1cc(Cc2cncc(Nc3ccc(Br)cc3F)c2C)ccn1. The summed E-state index contributed by atoms with van der Waals surface area (Å²) in [5, 5.41) is 5.64. The number of pyridine rings is 2. The number of aromatic nitrogens is 2. The van der Waals surface area contributed by atoms with Crippen LogP contribution in [0.1, 0.15) is 16.7 Å². The van der Waals surface area contributed by atoms with Crippen molar-refractivity contribution in [3.63, 3.8) is 0 Å². The number of carbonyl (C=O) groups excluding carboxylic acids is 1. The van der Waals surface area contributed by atoms with Crippen LogP contribution in [0, 0.1) is 12.7 Å². The lowest BCUT2D eigenvalue weighted by Gasteiger charge is -2.14. The van der Waals surface area contributed by atoms with E-state index in [4.69, 9.17) is 0 Å². The maximum absolute atomic E-state index is 14.1. The van der Waals surface area contributed by atoms with Crippen LogP contribution < -0.4 is 10.6 Å². The molecule has 8 heteroatoms. The number of hydrogen-bond acceptors (Lipinski definition) is 5. The Morgan fingerprint density at radius 2 is 2.04 bits per heavy atom. The molecule has 6 nitrogen and oxygen atoms in total. The number of methoxy groups -OCH3 is 1. The van der Waals surface area contributed by atoms with E-state index in [0.29, 0.717) is 22.4 Å². The molecule has 0 aliphatic heterocycles. The zero-order chi connectivity index (χ0) is 20.1. The highest BCUT2D eigenvalue weighted by Gasteiger charge is 2.10. The third-order valence-corrected chi connectivity index (χ3v) is 4.65. The van der Waals surface area contributed by atoms with Gasteiger partial charge < -0.3 is 10.1 Å². The Kier molecular flexibility index (Phi) is 6.20. The third kappa shape index (κ3) is 4.83. The van der Waals surface area contributed by atoms with E-state index in [1.54, 1.807) is 36.8 Å². The summed E-state index contributed by atoms with van der Waals surface area (Å²) in [5.41, 5.74) is 3.96. The molecule has 0 radical (unpaired) electrons. The molecule has 28 heavy (non-hydrogen) atoms. The molecule has 2 N–H and O–H groups in total. The van der Waals surface area contributed by atoms with Gasteiger partial charge in [-0.2, -0.15) is 0 Å². The van der Waals surface area contributed by atoms with Gasteiger partial charge in [-0.15, -0.1) is 0 Å². The number of halogens is 2. The number of anilines is 3. The van der Waals surface area contributed by atoms with E-state index < -0.39 is 6.09 Å². The van der Waals surface area contributed by atoms with E-state index in [0.717, 1.165) is 22.4 Å². The summed E-state index contributed by atoms with van der Waals surface area (Å²) in [7, 11) is 1.29. The van der Waals surface area contributed by atoms with Gasteiger partial charge in [0.2, 0.25) is 0 Å². The van der Waals surface area contributed by atoms with Gasteiger partial charge in [0.25, 0.3) is 0 Å². The van der Waals surface area contributed by atoms with Gasteiger partial charge >= 0.3 is 6.09 Å². The number of benzene rings is 1. The fourth-order valence-electron chi connectivity index (χ4n) is 2.64. The molecule has 0 saturated heterocycles. The molecule has 0 spiro atoms. The first-order valence-corrected chi connectivity index (χ1v) is 9.21. The standard InChI is InChI=1S/C20H18BrFN4O2/c1-12-14(7-13-5-6-24-19(8-13)26-20(27)28-2)10-23-11-18(12)25-17-4-3-15(21)9-16(17)22/h3-6,8-11,25H,7H2,1-2H3,(H,24,26,27). The fraction of sp³-hybridized carbons (Fsp3) is 0.150. The van der Waals surface area contributed by atoms with Gasteiger partial charge in [0, 0.05) is 16.9 Å². The first kappa shape index (κ1) is 19.8. The molecule has 0 saturated carbocycles. The molecule has 0 unspecified atom stereocenters. The molecule has 0 aliphatic carbocycles. The second-order valence-electron chi connectivity index (χ2n) is 6.06. The van der Waals surface area contributed by atoms with Crippen molar-refractivity contribution in [3.8, 4) is 0 Å². The van der Waals surface area contributed by atoms with Gasteiger partial charge in [0.05, 0.1) is 24.7 Å². The van der Waals surface area contributed by atoms with Crippen molar-refractivity contribution in [2.45, 2.75) is 13.3 Å². The van der Waals surface area contributed by atoms with Gasteiger partial charge in [-0.3, -0.25) is 10.3 Å². The zero-order valence-electron chi connectivity index (χ0n) is 15.3. The summed E-state index contributed by atoms with van der Waals surface area (Å²) in [5.74, 6) is 0.0491. The number of amides is 1. The Labute approximate surface area is 170 Å². The molecule has 0 atom stereocenters. The number of rotatable bonds is 5. The second-order valence-corrected chi connectivity index (χ2v) is 6.98. The topological polar surface area (TPSA) is 76.1 Å². The monoisotopic (exact) mass is 444 g/mol. The van der Waals surface area contributed by atoms with Crippen LogP contribution in [0.2, 0.25) is 0 Å². The summed E-state index contributed by atoms with van der Waals surface area (Å²) in [6, 6.07) is 8.47. The van der Waals surface area contributed by atoms with Crippen molar-refractivity contribution in [1.82, 2.24) is 9.97 Å². The normalized spacial score (nSPS) is 10.4. The molecule has 144 valence electrons. The van der Waals surface area contributed by atoms with E-state index in [2.05, 4.69) is 41.3 Å². The van der Waals surface area contributed by atoms with Crippen LogP contribution in [-0.4, -0.2) is 23.2 Å². The number of carbonyl (C=O) groups is 1. The minimum absolute atomic E-state index is 0.355. The summed E-state index contributed by atoms with van der Waals surface area (Å²) in [6.45, 7) is 1.95. The van der Waals surface area contributed by atoms with E-state index >= 15 is 0 Å². The van der Waals surface area contributed by atoms with Crippen LogP contribution in [-0.2, 0) is 11.2 Å². The lowest BCUT2D eigenvalue weighted by atomic mass is 10.0. The van der Waals surface area contributed by atoms with Crippen molar-refractivity contribution in [1.29, 1.82) is 0 Å². The molecule has 0 bridgehead atoms. The Balaban J connectivity index is 1.81. The Morgan fingerprint density at radius 3 is 2.79 bits per heavy atom. The van der Waals surface area contributed by atoms with Gasteiger partial charge in [-0.1, -0.05) is 15.9 Å². The lowest BCUT2D eigenvalue weighted by Crippen LogP contribution is -2.12. The Bertz CT molecular complexity index is 1010. The Hall–Kier alpha value is -3.00. The first-order chi connectivity index (χ1) is 13.5. The van der Waals surface area contributed by atoms with Crippen LogP contribution in [0.5, 0.6) is 0 Å². The molecule has 1 aromatic carbocycles. The molecule has 1 amide bonds. The second kappa shape index (κ2) is 8.79. The van der Waals surface area contributed by atoms with Gasteiger partial charge in [0.15, 0.2) is 0 Å². The van der Waals surface area contributed by atoms with Gasteiger partial charge in [0.1, 0.15) is 11.6 Å². The summed E-state index contributed by atoms with van der Waals surface area (Å²) in [6.07, 6.45) is 5.05. The van der Waals surface area contributed by atoms with Crippen LogP contribution in [0.4, 0.5) is 26.4 Å². The van der Waals surface area contributed by atoms with Crippen molar-refractivity contribution in [2.75, 3.05) is 17.7 Å². The molecule has 2 aromatic heterocycles. The van der Waals surface area contributed by atoms with E-state index in [1.807, 2.05) is 13.0 Å². The minimum Gasteiger partial charge on any atom is -0.453 e. The van der Waals surface area contributed by atoms with Crippen molar-refractivity contribution in [3.05, 3.63) is 75.9 Å². The molecule has 3 rings (SSSR count). The van der Waals surface area contributed by atoms with Gasteiger partial charge in [-0.05, 0) is 60.4 Å². The van der Waals surface area contributed by atoms with E-state index in [1.165, 1.54) is 13.2 Å². The molecule has 0 aliphatic rings. The highest BCUT2D eigenvalue weighted by molar-refractivity contribution is 9.10. The molecule has 2 heterocycles. The number of ether oxygens (including phenoxy) is 1. The van der Waals surface area contributed by atoms with E-state index in [9.17, 15) is 9.18 Å². The molecule has 3 aromatic rings. The third-order valence-electron chi connectivity index (χ3n) is 4.15. The maximum Gasteiger partial charge on any atom is 0.412 e. The Morgan fingerprint density at radius 1 is 1.21 bits per heavy atom. The van der Waals surface area contributed by atoms with E-state index in [-0.39, 0.29) is 5.82 Å². The summed E-state index contributed by atoms with van der Waals surface area (Å²) < 4.78 is 19.4. The van der Waals surface area contributed by atoms with Crippen molar-refractivity contribution in [2.24, 2.45) is 0 Å².